The summed E-state index contributed by atoms with van der Waals surface area (Å²) in [7, 11) is -3.56. The normalized spacial score (nSPS) is 12.8. The van der Waals surface area contributed by atoms with Gasteiger partial charge in [-0.3, -0.25) is 4.98 Å². The van der Waals surface area contributed by atoms with Crippen LogP contribution in [0.2, 0.25) is 0 Å². The first-order valence-electron chi connectivity index (χ1n) is 6.73. The molecule has 0 N–H and O–H groups in total. The maximum absolute atomic E-state index is 12.9. The Balaban J connectivity index is 2.69. The number of hydrogen-bond donors (Lipinski definition) is 0. The first kappa shape index (κ1) is 14.9. The fourth-order valence-electron chi connectivity index (χ4n) is 2.55. The molecule has 0 fully saturated rings. The summed E-state index contributed by atoms with van der Waals surface area (Å²) in [6.45, 7) is 7.54. The average Bonchev–Trinajstić information content (AvgIpc) is 2.36. The highest BCUT2D eigenvalue weighted by Gasteiger charge is 2.30. The van der Waals surface area contributed by atoms with Crippen LogP contribution in [-0.2, 0) is 10.0 Å². The molecule has 0 atom stereocenters. The van der Waals surface area contributed by atoms with Crippen molar-refractivity contribution in [1.82, 2.24) is 9.29 Å². The molecule has 1 heterocycles. The van der Waals surface area contributed by atoms with Crippen molar-refractivity contribution in [3.8, 4) is 0 Å². The van der Waals surface area contributed by atoms with Gasteiger partial charge in [0.1, 0.15) is 4.90 Å². The minimum Gasteiger partial charge on any atom is -0.255 e. The van der Waals surface area contributed by atoms with E-state index in [1.165, 1.54) is 4.31 Å². The van der Waals surface area contributed by atoms with Crippen molar-refractivity contribution < 1.29 is 8.42 Å². The molecule has 0 spiro atoms. The average molecular weight is 292 g/mol. The third kappa shape index (κ3) is 2.55. The van der Waals surface area contributed by atoms with Crippen LogP contribution in [0.15, 0.2) is 41.4 Å². The lowest BCUT2D eigenvalue weighted by atomic mass is 10.2. The zero-order valence-electron chi connectivity index (χ0n) is 12.2. The largest absolute Gasteiger partial charge is 0.255 e. The number of benzene rings is 1. The van der Waals surface area contributed by atoms with Gasteiger partial charge in [0.25, 0.3) is 0 Å². The summed E-state index contributed by atoms with van der Waals surface area (Å²) in [5, 5.41) is 0.834. The van der Waals surface area contributed by atoms with E-state index in [4.69, 9.17) is 0 Å². The molecule has 0 unspecified atom stereocenters. The van der Waals surface area contributed by atoms with E-state index in [1.807, 2.05) is 39.8 Å². The zero-order chi connectivity index (χ0) is 14.9. The van der Waals surface area contributed by atoms with Gasteiger partial charge < -0.3 is 0 Å². The van der Waals surface area contributed by atoms with E-state index in [1.54, 1.807) is 24.4 Å². The zero-order valence-corrected chi connectivity index (χ0v) is 13.1. The fourth-order valence-corrected chi connectivity index (χ4v) is 4.55. The molecule has 0 aliphatic carbocycles. The molecule has 0 saturated heterocycles. The van der Waals surface area contributed by atoms with Crippen molar-refractivity contribution in [2.45, 2.75) is 44.7 Å². The Hall–Kier alpha value is -1.46. The van der Waals surface area contributed by atoms with Gasteiger partial charge in [0.2, 0.25) is 10.0 Å². The number of nitrogens with zero attached hydrogens (tertiary/aromatic N) is 2. The van der Waals surface area contributed by atoms with Crippen LogP contribution < -0.4 is 0 Å². The molecule has 0 bridgehead atoms. The number of hydrogen-bond acceptors (Lipinski definition) is 3. The third-order valence-corrected chi connectivity index (χ3v) is 5.45. The van der Waals surface area contributed by atoms with Crippen LogP contribution in [0.3, 0.4) is 0 Å². The fraction of sp³-hybridized carbons (Fsp3) is 0.400. The van der Waals surface area contributed by atoms with Gasteiger partial charge in [0.15, 0.2) is 0 Å². The molecule has 5 heteroatoms. The van der Waals surface area contributed by atoms with E-state index in [9.17, 15) is 8.42 Å². The highest BCUT2D eigenvalue weighted by atomic mass is 32.2. The Morgan fingerprint density at radius 1 is 1.00 bits per heavy atom. The van der Waals surface area contributed by atoms with Gasteiger partial charge >= 0.3 is 0 Å². The Kier molecular flexibility index (Phi) is 4.11. The molecule has 2 aromatic rings. The molecule has 0 aliphatic rings. The molecule has 0 radical (unpaired) electrons. The van der Waals surface area contributed by atoms with Crippen molar-refractivity contribution in [3.63, 3.8) is 0 Å². The molecule has 20 heavy (non-hydrogen) atoms. The predicted molar refractivity (Wildman–Crippen MR) is 81.0 cm³/mol. The Morgan fingerprint density at radius 2 is 1.60 bits per heavy atom. The van der Waals surface area contributed by atoms with Gasteiger partial charge in [-0.1, -0.05) is 18.2 Å². The predicted octanol–water partition coefficient (Wildman–Crippen LogP) is 3.04. The van der Waals surface area contributed by atoms with Gasteiger partial charge in [0, 0.05) is 23.7 Å². The SMILES string of the molecule is CC(C)N(C(C)C)S(=O)(=O)c1cccc2cccnc12. The quantitative estimate of drug-likeness (QED) is 0.870. The molecule has 4 nitrogen and oxygen atoms in total. The van der Waals surface area contributed by atoms with Gasteiger partial charge in [-0.2, -0.15) is 4.31 Å². The molecule has 2 rings (SSSR count). The molecule has 108 valence electrons. The Labute approximate surface area is 120 Å². The second-order valence-corrected chi connectivity index (χ2v) is 7.17. The molecule has 1 aromatic carbocycles. The van der Waals surface area contributed by atoms with Crippen molar-refractivity contribution >= 4 is 20.9 Å². The lowest BCUT2D eigenvalue weighted by Crippen LogP contribution is -2.42. The van der Waals surface area contributed by atoms with Crippen LogP contribution in [0.5, 0.6) is 0 Å². The summed E-state index contributed by atoms with van der Waals surface area (Å²) < 4.78 is 27.4. The summed E-state index contributed by atoms with van der Waals surface area (Å²) in [5.74, 6) is 0. The molecule has 0 saturated carbocycles. The molecule has 1 aromatic heterocycles. The number of rotatable bonds is 4. The summed E-state index contributed by atoms with van der Waals surface area (Å²) in [6.07, 6.45) is 1.62. The number of fused-ring (bicyclic) bond motifs is 1. The van der Waals surface area contributed by atoms with E-state index in [-0.39, 0.29) is 17.0 Å². The molecule has 0 aliphatic heterocycles. The second-order valence-electron chi connectivity index (χ2n) is 5.35. The molecular formula is C15H20N2O2S. The lowest BCUT2D eigenvalue weighted by molar-refractivity contribution is 0.302. The van der Waals surface area contributed by atoms with Crippen LogP contribution in [0, 0.1) is 0 Å². The van der Waals surface area contributed by atoms with Gasteiger partial charge in [0.05, 0.1) is 5.52 Å². The highest BCUT2D eigenvalue weighted by Crippen LogP contribution is 2.26. The van der Waals surface area contributed by atoms with Crippen LogP contribution in [-0.4, -0.2) is 29.8 Å². The van der Waals surface area contributed by atoms with Crippen molar-refractivity contribution in [2.75, 3.05) is 0 Å². The van der Waals surface area contributed by atoms with Crippen molar-refractivity contribution in [1.29, 1.82) is 0 Å². The molecule has 0 amide bonds. The number of para-hydroxylation sites is 1. The summed E-state index contributed by atoms with van der Waals surface area (Å²) in [5.41, 5.74) is 0.529. The Bertz CT molecular complexity index is 695. The first-order chi connectivity index (χ1) is 9.35. The standard InChI is InChI=1S/C15H20N2O2S/c1-11(2)17(12(3)4)20(18,19)14-9-5-7-13-8-6-10-16-15(13)14/h5-12H,1-4H3. The minimum atomic E-state index is -3.56. The van der Waals surface area contributed by atoms with E-state index in [2.05, 4.69) is 4.98 Å². The van der Waals surface area contributed by atoms with Crippen LogP contribution in [0.1, 0.15) is 27.7 Å². The second kappa shape index (κ2) is 5.50. The van der Waals surface area contributed by atoms with E-state index in [0.29, 0.717) is 5.52 Å². The highest BCUT2D eigenvalue weighted by molar-refractivity contribution is 7.89. The third-order valence-electron chi connectivity index (χ3n) is 3.17. The summed E-state index contributed by atoms with van der Waals surface area (Å²) >= 11 is 0. The van der Waals surface area contributed by atoms with Gasteiger partial charge in [-0.05, 0) is 39.8 Å². The maximum Gasteiger partial charge on any atom is 0.245 e. The van der Waals surface area contributed by atoms with Crippen LogP contribution >= 0.6 is 0 Å². The number of pyridine rings is 1. The lowest BCUT2D eigenvalue weighted by Gasteiger charge is -2.29. The van der Waals surface area contributed by atoms with Crippen LogP contribution in [0.4, 0.5) is 0 Å². The topological polar surface area (TPSA) is 50.3 Å². The number of sulfonamides is 1. The van der Waals surface area contributed by atoms with Crippen molar-refractivity contribution in [3.05, 3.63) is 36.5 Å². The minimum absolute atomic E-state index is 0.0982. The van der Waals surface area contributed by atoms with Crippen molar-refractivity contribution in [2.24, 2.45) is 0 Å². The van der Waals surface area contributed by atoms with E-state index >= 15 is 0 Å². The van der Waals surface area contributed by atoms with Gasteiger partial charge in [-0.15, -0.1) is 0 Å². The monoisotopic (exact) mass is 292 g/mol. The van der Waals surface area contributed by atoms with Crippen LogP contribution in [0.25, 0.3) is 10.9 Å². The smallest absolute Gasteiger partial charge is 0.245 e. The summed E-state index contributed by atoms with van der Waals surface area (Å²) in [6, 6.07) is 8.74. The first-order valence-corrected chi connectivity index (χ1v) is 8.17. The van der Waals surface area contributed by atoms with E-state index < -0.39 is 10.0 Å². The number of aromatic nitrogens is 1. The maximum atomic E-state index is 12.9. The Morgan fingerprint density at radius 3 is 2.20 bits per heavy atom. The molecular weight excluding hydrogens is 272 g/mol. The van der Waals surface area contributed by atoms with Gasteiger partial charge in [-0.25, -0.2) is 8.42 Å². The van der Waals surface area contributed by atoms with E-state index in [0.717, 1.165) is 5.39 Å². The summed E-state index contributed by atoms with van der Waals surface area (Å²) in [4.78, 5) is 4.52.